The fraction of sp³-hybridized carbons (Fsp3) is 0.333. The van der Waals surface area contributed by atoms with Gasteiger partial charge >= 0.3 is 0 Å². The minimum atomic E-state index is -0.966. The van der Waals surface area contributed by atoms with Crippen LogP contribution in [0, 0.1) is 0 Å². The Balaban J connectivity index is 1.79. The van der Waals surface area contributed by atoms with Gasteiger partial charge in [-0.1, -0.05) is 27.5 Å². The van der Waals surface area contributed by atoms with E-state index in [-0.39, 0.29) is 5.91 Å². The molecule has 138 valence electrons. The van der Waals surface area contributed by atoms with E-state index in [2.05, 4.69) is 31.5 Å². The summed E-state index contributed by atoms with van der Waals surface area (Å²) >= 11 is 9.58. The molecule has 6 nitrogen and oxygen atoms in total. The molecule has 3 atom stereocenters. The number of hydrogen-bond donors (Lipinski definition) is 4. The summed E-state index contributed by atoms with van der Waals surface area (Å²) in [6, 6.07) is 6.49. The van der Waals surface area contributed by atoms with Gasteiger partial charge in [0.25, 0.3) is 5.91 Å². The zero-order valence-electron chi connectivity index (χ0n) is 13.8. The first kappa shape index (κ1) is 19.1. The molecular weight excluding hydrogens is 422 g/mol. The van der Waals surface area contributed by atoms with Crippen molar-refractivity contribution in [2.75, 3.05) is 5.32 Å². The molecule has 1 amide bonds. The number of nitrogens with zero attached hydrogens (tertiary/aromatic N) is 1. The Morgan fingerprint density at radius 1 is 1.23 bits per heavy atom. The number of carbonyl (C=O) groups is 1. The second kappa shape index (κ2) is 8.35. The molecular formula is C18H19BrClN3O3. The Morgan fingerprint density at radius 3 is 2.81 bits per heavy atom. The summed E-state index contributed by atoms with van der Waals surface area (Å²) < 4.78 is 0.849. The molecule has 1 aromatic carbocycles. The lowest BCUT2D eigenvalue weighted by molar-refractivity contribution is -0.0277. The maximum atomic E-state index is 12.7. The monoisotopic (exact) mass is 439 g/mol. The third kappa shape index (κ3) is 4.35. The van der Waals surface area contributed by atoms with Crippen LogP contribution in [-0.4, -0.2) is 39.4 Å². The molecule has 3 rings (SSSR count). The van der Waals surface area contributed by atoms with Gasteiger partial charge in [0.2, 0.25) is 0 Å². The number of hydrogen-bond acceptors (Lipinski definition) is 5. The highest BCUT2D eigenvalue weighted by Crippen LogP contribution is 2.29. The molecule has 2 aromatic rings. The first-order valence-electron chi connectivity index (χ1n) is 8.29. The van der Waals surface area contributed by atoms with Crippen molar-refractivity contribution in [2.45, 2.75) is 37.5 Å². The summed E-state index contributed by atoms with van der Waals surface area (Å²) in [6.45, 7) is 0. The van der Waals surface area contributed by atoms with Crippen molar-refractivity contribution in [1.29, 1.82) is 0 Å². The number of anilines is 2. The SMILES string of the molecule is O=C(N[C@H]1CCC[C@H](O)[C@@H]1O)c1ccncc1Nc1ccc(Br)cc1Cl. The maximum absolute atomic E-state index is 12.7. The van der Waals surface area contributed by atoms with Crippen molar-refractivity contribution in [3.8, 4) is 0 Å². The number of aliphatic hydroxyl groups is 2. The zero-order chi connectivity index (χ0) is 18.7. The number of benzene rings is 1. The number of aliphatic hydroxyl groups excluding tert-OH is 2. The van der Waals surface area contributed by atoms with Gasteiger partial charge in [0.1, 0.15) is 0 Å². The third-order valence-electron chi connectivity index (χ3n) is 4.40. The Morgan fingerprint density at radius 2 is 2.04 bits per heavy atom. The average molecular weight is 441 g/mol. The van der Waals surface area contributed by atoms with E-state index in [4.69, 9.17) is 11.6 Å². The quantitative estimate of drug-likeness (QED) is 0.585. The Hall–Kier alpha value is -1.67. The van der Waals surface area contributed by atoms with E-state index in [1.165, 1.54) is 6.20 Å². The molecule has 0 radical (unpaired) electrons. The molecule has 0 unspecified atom stereocenters. The molecule has 0 saturated heterocycles. The van der Waals surface area contributed by atoms with Gasteiger partial charge in [-0.3, -0.25) is 9.78 Å². The van der Waals surface area contributed by atoms with Crippen LogP contribution in [0.4, 0.5) is 11.4 Å². The van der Waals surface area contributed by atoms with Crippen molar-refractivity contribution in [1.82, 2.24) is 10.3 Å². The number of aromatic nitrogens is 1. The van der Waals surface area contributed by atoms with Crippen LogP contribution in [-0.2, 0) is 0 Å². The van der Waals surface area contributed by atoms with Gasteiger partial charge in [-0.2, -0.15) is 0 Å². The van der Waals surface area contributed by atoms with E-state index in [1.54, 1.807) is 24.4 Å². The predicted octanol–water partition coefficient (Wildman–Crippen LogP) is 3.25. The molecule has 0 aliphatic heterocycles. The van der Waals surface area contributed by atoms with Crippen LogP contribution in [0.25, 0.3) is 0 Å². The van der Waals surface area contributed by atoms with E-state index in [0.29, 0.717) is 34.8 Å². The molecule has 1 saturated carbocycles. The van der Waals surface area contributed by atoms with Crippen molar-refractivity contribution in [2.24, 2.45) is 0 Å². The average Bonchev–Trinajstić information content (AvgIpc) is 2.62. The number of pyridine rings is 1. The normalized spacial score (nSPS) is 22.7. The summed E-state index contributed by atoms with van der Waals surface area (Å²) in [6.07, 6.45) is 3.19. The second-order valence-electron chi connectivity index (χ2n) is 6.24. The van der Waals surface area contributed by atoms with Gasteiger partial charge in [0.15, 0.2) is 0 Å². The van der Waals surface area contributed by atoms with Gasteiger partial charge in [0, 0.05) is 10.7 Å². The van der Waals surface area contributed by atoms with E-state index in [0.717, 1.165) is 10.9 Å². The topological polar surface area (TPSA) is 94.5 Å². The number of rotatable bonds is 4. The molecule has 8 heteroatoms. The fourth-order valence-electron chi connectivity index (χ4n) is 2.99. The Kier molecular flexibility index (Phi) is 6.13. The van der Waals surface area contributed by atoms with Gasteiger partial charge in [-0.05, 0) is 43.5 Å². The van der Waals surface area contributed by atoms with Crippen molar-refractivity contribution in [3.05, 3.63) is 51.7 Å². The van der Waals surface area contributed by atoms with Crippen LogP contribution in [0.3, 0.4) is 0 Å². The van der Waals surface area contributed by atoms with Crippen LogP contribution in [0.2, 0.25) is 5.02 Å². The highest BCUT2D eigenvalue weighted by atomic mass is 79.9. The Bertz CT molecular complexity index is 805. The van der Waals surface area contributed by atoms with E-state index in [9.17, 15) is 15.0 Å². The second-order valence-corrected chi connectivity index (χ2v) is 7.56. The summed E-state index contributed by atoms with van der Waals surface area (Å²) in [5.41, 5.74) is 1.52. The molecule has 1 fully saturated rings. The number of carbonyl (C=O) groups excluding carboxylic acids is 1. The number of amides is 1. The lowest BCUT2D eigenvalue weighted by atomic mass is 9.90. The van der Waals surface area contributed by atoms with Crippen molar-refractivity contribution >= 4 is 44.8 Å². The highest BCUT2D eigenvalue weighted by Gasteiger charge is 2.32. The predicted molar refractivity (Wildman–Crippen MR) is 104 cm³/mol. The molecule has 1 aliphatic rings. The van der Waals surface area contributed by atoms with Crippen molar-refractivity contribution < 1.29 is 15.0 Å². The molecule has 1 aliphatic carbocycles. The number of halogens is 2. The van der Waals surface area contributed by atoms with Gasteiger partial charge < -0.3 is 20.8 Å². The fourth-order valence-corrected chi connectivity index (χ4v) is 3.71. The molecule has 1 aromatic heterocycles. The minimum absolute atomic E-state index is 0.346. The van der Waals surface area contributed by atoms with Gasteiger partial charge in [0.05, 0.1) is 46.4 Å². The molecule has 0 bridgehead atoms. The van der Waals surface area contributed by atoms with Gasteiger partial charge in [-0.15, -0.1) is 0 Å². The van der Waals surface area contributed by atoms with Crippen LogP contribution < -0.4 is 10.6 Å². The van der Waals surface area contributed by atoms with Crippen LogP contribution >= 0.6 is 27.5 Å². The summed E-state index contributed by atoms with van der Waals surface area (Å²) in [5, 5.41) is 26.3. The lowest BCUT2D eigenvalue weighted by Crippen LogP contribution is -2.51. The van der Waals surface area contributed by atoms with E-state index in [1.807, 2.05) is 6.07 Å². The third-order valence-corrected chi connectivity index (χ3v) is 5.21. The van der Waals surface area contributed by atoms with Crippen LogP contribution in [0.5, 0.6) is 0 Å². The molecule has 0 spiro atoms. The van der Waals surface area contributed by atoms with Gasteiger partial charge in [-0.25, -0.2) is 0 Å². The van der Waals surface area contributed by atoms with Crippen molar-refractivity contribution in [3.63, 3.8) is 0 Å². The highest BCUT2D eigenvalue weighted by molar-refractivity contribution is 9.10. The first-order chi connectivity index (χ1) is 12.5. The van der Waals surface area contributed by atoms with E-state index < -0.39 is 18.2 Å². The zero-order valence-corrected chi connectivity index (χ0v) is 16.2. The first-order valence-corrected chi connectivity index (χ1v) is 9.46. The minimum Gasteiger partial charge on any atom is -0.390 e. The lowest BCUT2D eigenvalue weighted by Gasteiger charge is -2.32. The Labute approximate surface area is 164 Å². The van der Waals surface area contributed by atoms with Crippen LogP contribution in [0.15, 0.2) is 41.1 Å². The van der Waals surface area contributed by atoms with E-state index >= 15 is 0 Å². The summed E-state index contributed by atoms with van der Waals surface area (Å²) in [7, 11) is 0. The van der Waals surface area contributed by atoms with Crippen LogP contribution in [0.1, 0.15) is 29.6 Å². The smallest absolute Gasteiger partial charge is 0.253 e. The summed E-state index contributed by atoms with van der Waals surface area (Å²) in [5.74, 6) is -0.346. The summed E-state index contributed by atoms with van der Waals surface area (Å²) in [4.78, 5) is 16.8. The molecule has 1 heterocycles. The number of nitrogens with one attached hydrogen (secondary N) is 2. The molecule has 26 heavy (non-hydrogen) atoms. The standard InChI is InChI=1S/C18H19BrClN3O3/c19-10-4-5-13(12(20)8-10)22-15-9-21-7-6-11(15)18(26)23-14-2-1-3-16(24)17(14)25/h4-9,14,16-17,22,24-25H,1-3H2,(H,23,26)/t14-,16-,17+/m0/s1. The maximum Gasteiger partial charge on any atom is 0.253 e. The molecule has 4 N–H and O–H groups in total. The largest absolute Gasteiger partial charge is 0.390 e.